The van der Waals surface area contributed by atoms with Gasteiger partial charge in [0.15, 0.2) is 11.5 Å². The zero-order valence-electron chi connectivity index (χ0n) is 17.6. The number of ether oxygens (including phenoxy) is 4. The molecular weight excluding hydrogens is 408 g/mol. The van der Waals surface area contributed by atoms with E-state index >= 15 is 0 Å². The van der Waals surface area contributed by atoms with Crippen LogP contribution in [0.25, 0.3) is 28.7 Å². The van der Waals surface area contributed by atoms with E-state index in [9.17, 15) is 4.79 Å². The van der Waals surface area contributed by atoms with Gasteiger partial charge in [-0.2, -0.15) is 0 Å². The van der Waals surface area contributed by atoms with E-state index in [0.717, 1.165) is 5.56 Å². The summed E-state index contributed by atoms with van der Waals surface area (Å²) in [5.41, 5.74) is 1.84. The summed E-state index contributed by atoms with van der Waals surface area (Å²) in [5.74, 6) is 2.99. The molecule has 0 aliphatic carbocycles. The second-order valence-corrected chi connectivity index (χ2v) is 7.11. The molecule has 0 amide bonds. The third-order valence-corrected chi connectivity index (χ3v) is 5.25. The van der Waals surface area contributed by atoms with E-state index in [2.05, 4.69) is 0 Å². The van der Waals surface area contributed by atoms with E-state index < -0.39 is 0 Å². The SMILES string of the molecule is COc1ccc(OC)c(-n2c(/C=C/c3ccc4c(c3)OCO4)nc3ccccc3c2=O)c1. The van der Waals surface area contributed by atoms with Crippen LogP contribution < -0.4 is 24.5 Å². The Morgan fingerprint density at radius 3 is 2.62 bits per heavy atom. The first-order valence-corrected chi connectivity index (χ1v) is 10.00. The van der Waals surface area contributed by atoms with Crippen LogP contribution in [0.1, 0.15) is 11.4 Å². The third kappa shape index (κ3) is 3.43. The Labute approximate surface area is 184 Å². The Morgan fingerprint density at radius 2 is 1.78 bits per heavy atom. The van der Waals surface area contributed by atoms with E-state index in [1.54, 1.807) is 44.6 Å². The summed E-state index contributed by atoms with van der Waals surface area (Å²) >= 11 is 0. The number of nitrogens with zero attached hydrogens (tertiary/aromatic N) is 2. The van der Waals surface area contributed by atoms with Crippen molar-refractivity contribution in [2.45, 2.75) is 0 Å². The molecule has 1 aliphatic heterocycles. The van der Waals surface area contributed by atoms with Crippen LogP contribution in [0, 0.1) is 0 Å². The number of rotatable bonds is 5. The molecule has 0 bridgehead atoms. The summed E-state index contributed by atoms with van der Waals surface area (Å²) in [4.78, 5) is 18.3. The standard InChI is InChI=1S/C25H20N2O5/c1-29-17-9-11-21(30-2)20(14-17)27-24(26-19-6-4-3-5-18(19)25(27)28)12-8-16-7-10-22-23(13-16)32-15-31-22/h3-14H,15H2,1-2H3/b12-8+. The highest BCUT2D eigenvalue weighted by Gasteiger charge is 2.16. The molecule has 5 rings (SSSR count). The van der Waals surface area contributed by atoms with Gasteiger partial charge < -0.3 is 18.9 Å². The molecule has 1 aromatic heterocycles. The summed E-state index contributed by atoms with van der Waals surface area (Å²) in [5, 5.41) is 0.512. The van der Waals surface area contributed by atoms with Gasteiger partial charge >= 0.3 is 0 Å². The number of benzene rings is 3. The molecule has 0 saturated heterocycles. The Kier molecular flexibility index (Phi) is 4.99. The largest absolute Gasteiger partial charge is 0.497 e. The highest BCUT2D eigenvalue weighted by atomic mass is 16.7. The van der Waals surface area contributed by atoms with Crippen molar-refractivity contribution in [3.63, 3.8) is 0 Å². The molecule has 3 aromatic carbocycles. The van der Waals surface area contributed by atoms with Gasteiger partial charge in [0, 0.05) is 6.07 Å². The fourth-order valence-corrected chi connectivity index (χ4v) is 3.65. The van der Waals surface area contributed by atoms with Crippen molar-refractivity contribution in [1.29, 1.82) is 0 Å². The van der Waals surface area contributed by atoms with E-state index in [1.807, 2.05) is 42.5 Å². The zero-order chi connectivity index (χ0) is 22.1. The molecule has 1 aliphatic rings. The molecule has 0 unspecified atom stereocenters. The van der Waals surface area contributed by atoms with Crippen molar-refractivity contribution >= 4 is 23.1 Å². The first-order valence-electron chi connectivity index (χ1n) is 10.00. The van der Waals surface area contributed by atoms with Crippen molar-refractivity contribution in [2.24, 2.45) is 0 Å². The Bertz CT molecular complexity index is 1410. The molecule has 4 aromatic rings. The highest BCUT2D eigenvalue weighted by molar-refractivity contribution is 5.80. The van der Waals surface area contributed by atoms with Crippen LogP contribution in [0.5, 0.6) is 23.0 Å². The van der Waals surface area contributed by atoms with Crippen LogP contribution in [-0.2, 0) is 0 Å². The molecule has 7 nitrogen and oxygen atoms in total. The lowest BCUT2D eigenvalue weighted by Gasteiger charge is -2.15. The Morgan fingerprint density at radius 1 is 0.938 bits per heavy atom. The minimum Gasteiger partial charge on any atom is -0.497 e. The van der Waals surface area contributed by atoms with Gasteiger partial charge in [-0.05, 0) is 48.0 Å². The first kappa shape index (κ1) is 19.7. The van der Waals surface area contributed by atoms with Gasteiger partial charge in [0.05, 0.1) is 30.8 Å². The summed E-state index contributed by atoms with van der Waals surface area (Å²) < 4.78 is 23.3. The first-order chi connectivity index (χ1) is 15.7. The Balaban J connectivity index is 1.71. The quantitative estimate of drug-likeness (QED) is 0.472. The molecule has 0 radical (unpaired) electrons. The van der Waals surface area contributed by atoms with E-state index in [4.69, 9.17) is 23.9 Å². The molecule has 2 heterocycles. The monoisotopic (exact) mass is 428 g/mol. The summed E-state index contributed by atoms with van der Waals surface area (Å²) in [6.07, 6.45) is 3.67. The number of hydrogen-bond donors (Lipinski definition) is 0. The van der Waals surface area contributed by atoms with Crippen LogP contribution in [0.15, 0.2) is 65.5 Å². The number of fused-ring (bicyclic) bond motifs is 2. The fourth-order valence-electron chi connectivity index (χ4n) is 3.65. The predicted molar refractivity (Wildman–Crippen MR) is 122 cm³/mol. The lowest BCUT2D eigenvalue weighted by atomic mass is 10.1. The summed E-state index contributed by atoms with van der Waals surface area (Å²) in [7, 11) is 3.14. The van der Waals surface area contributed by atoms with Crippen LogP contribution in [0.2, 0.25) is 0 Å². The van der Waals surface area contributed by atoms with E-state index in [0.29, 0.717) is 45.4 Å². The maximum absolute atomic E-state index is 13.5. The van der Waals surface area contributed by atoms with Gasteiger partial charge in [-0.3, -0.25) is 9.36 Å². The van der Waals surface area contributed by atoms with Gasteiger partial charge in [0.2, 0.25) is 6.79 Å². The van der Waals surface area contributed by atoms with Crippen molar-refractivity contribution in [3.05, 3.63) is 82.4 Å². The number of para-hydroxylation sites is 1. The zero-order valence-corrected chi connectivity index (χ0v) is 17.6. The molecule has 0 spiro atoms. The maximum Gasteiger partial charge on any atom is 0.266 e. The summed E-state index contributed by atoms with van der Waals surface area (Å²) in [6.45, 7) is 0.212. The van der Waals surface area contributed by atoms with Gasteiger partial charge in [-0.25, -0.2) is 4.98 Å². The number of aromatic nitrogens is 2. The van der Waals surface area contributed by atoms with Crippen molar-refractivity contribution < 1.29 is 18.9 Å². The molecule has 0 N–H and O–H groups in total. The average molecular weight is 428 g/mol. The molecule has 0 atom stereocenters. The minimum atomic E-state index is -0.201. The molecular formula is C25H20N2O5. The fraction of sp³-hybridized carbons (Fsp3) is 0.120. The topological polar surface area (TPSA) is 71.8 Å². The maximum atomic E-state index is 13.5. The van der Waals surface area contributed by atoms with E-state index in [1.165, 1.54) is 4.57 Å². The van der Waals surface area contributed by atoms with E-state index in [-0.39, 0.29) is 12.4 Å². The molecule has 0 saturated carbocycles. The lowest BCUT2D eigenvalue weighted by Crippen LogP contribution is -2.23. The molecule has 0 fully saturated rings. The minimum absolute atomic E-state index is 0.201. The van der Waals surface area contributed by atoms with Crippen LogP contribution in [0.4, 0.5) is 0 Å². The van der Waals surface area contributed by atoms with Crippen LogP contribution in [0.3, 0.4) is 0 Å². The molecule has 32 heavy (non-hydrogen) atoms. The van der Waals surface area contributed by atoms with Crippen LogP contribution >= 0.6 is 0 Å². The molecule has 160 valence electrons. The van der Waals surface area contributed by atoms with Gasteiger partial charge in [0.25, 0.3) is 5.56 Å². The van der Waals surface area contributed by atoms with Crippen molar-refractivity contribution in [2.75, 3.05) is 21.0 Å². The molecule has 7 heteroatoms. The highest BCUT2D eigenvalue weighted by Crippen LogP contribution is 2.33. The third-order valence-electron chi connectivity index (χ3n) is 5.25. The van der Waals surface area contributed by atoms with Crippen LogP contribution in [-0.4, -0.2) is 30.6 Å². The van der Waals surface area contributed by atoms with Gasteiger partial charge in [-0.1, -0.05) is 24.3 Å². The van der Waals surface area contributed by atoms with Gasteiger partial charge in [0.1, 0.15) is 17.3 Å². The van der Waals surface area contributed by atoms with Crippen molar-refractivity contribution in [3.8, 4) is 28.7 Å². The summed E-state index contributed by atoms with van der Waals surface area (Å²) in [6, 6.07) is 18.2. The number of hydrogen-bond acceptors (Lipinski definition) is 6. The number of methoxy groups -OCH3 is 2. The Hall–Kier alpha value is -4.26. The smallest absolute Gasteiger partial charge is 0.266 e. The lowest BCUT2D eigenvalue weighted by molar-refractivity contribution is 0.174. The second-order valence-electron chi connectivity index (χ2n) is 7.11. The van der Waals surface area contributed by atoms with Crippen molar-refractivity contribution in [1.82, 2.24) is 9.55 Å². The predicted octanol–water partition coefficient (Wildman–Crippen LogP) is 4.30. The average Bonchev–Trinajstić information content (AvgIpc) is 3.30. The second kappa shape index (κ2) is 8.11. The van der Waals surface area contributed by atoms with Gasteiger partial charge in [-0.15, -0.1) is 0 Å². The normalized spacial score (nSPS) is 12.4.